The first-order valence-corrected chi connectivity index (χ1v) is 13.4. The summed E-state index contributed by atoms with van der Waals surface area (Å²) in [7, 11) is 0. The number of hydrogen-bond acceptors (Lipinski definition) is 5. The van der Waals surface area contributed by atoms with E-state index in [1.807, 2.05) is 37.4 Å². The Labute approximate surface area is 211 Å². The van der Waals surface area contributed by atoms with Gasteiger partial charge >= 0.3 is 12.1 Å². The van der Waals surface area contributed by atoms with Crippen molar-refractivity contribution in [2.45, 2.75) is 44.6 Å². The average molecular weight is 499 g/mol. The van der Waals surface area contributed by atoms with Crippen molar-refractivity contribution in [1.29, 1.82) is 0 Å². The number of carboxylic acids is 1. The Balaban J connectivity index is 1.36. The zero-order chi connectivity index (χ0) is 25.2. The Kier molecular flexibility index (Phi) is 10.0. The fraction of sp³-hybridized carbons (Fsp3) is 0.444. The molecule has 0 aromatic heterocycles. The van der Waals surface area contributed by atoms with E-state index in [-0.39, 0.29) is 30.8 Å². The van der Waals surface area contributed by atoms with Gasteiger partial charge in [-0.2, -0.15) is 11.8 Å². The maximum atomic E-state index is 12.3. The fourth-order valence-electron chi connectivity index (χ4n) is 4.35. The monoisotopic (exact) mass is 498 g/mol. The summed E-state index contributed by atoms with van der Waals surface area (Å²) in [4.78, 5) is 35.7. The first kappa shape index (κ1) is 26.6. The minimum Gasteiger partial charge on any atom is -0.480 e. The van der Waals surface area contributed by atoms with Gasteiger partial charge in [0.15, 0.2) is 0 Å². The van der Waals surface area contributed by atoms with Crippen LogP contribution < -0.4 is 10.6 Å². The summed E-state index contributed by atoms with van der Waals surface area (Å²) in [5, 5.41) is 14.6. The lowest BCUT2D eigenvalue weighted by molar-refractivity contribution is -0.141. The maximum absolute atomic E-state index is 12.3. The van der Waals surface area contributed by atoms with Gasteiger partial charge in [-0.15, -0.1) is 0 Å². The lowest BCUT2D eigenvalue weighted by atomic mass is 9.98. The van der Waals surface area contributed by atoms with Crippen LogP contribution in [0.4, 0.5) is 4.79 Å². The molecule has 2 atom stereocenters. The number of hydrogen-bond donors (Lipinski definition) is 3. The number of carbonyl (C=O) groups is 3. The van der Waals surface area contributed by atoms with Gasteiger partial charge in [-0.3, -0.25) is 4.79 Å². The predicted molar refractivity (Wildman–Crippen MR) is 139 cm³/mol. The van der Waals surface area contributed by atoms with Crippen molar-refractivity contribution in [2.24, 2.45) is 5.92 Å². The van der Waals surface area contributed by atoms with E-state index in [4.69, 9.17) is 4.74 Å². The molecule has 0 radical (unpaired) electrons. The van der Waals surface area contributed by atoms with E-state index in [9.17, 15) is 19.5 Å². The molecule has 188 valence electrons. The van der Waals surface area contributed by atoms with Crippen LogP contribution in [0.5, 0.6) is 0 Å². The molecule has 1 unspecified atom stereocenters. The molecule has 3 rings (SSSR count). The van der Waals surface area contributed by atoms with Gasteiger partial charge in [0.2, 0.25) is 5.91 Å². The van der Waals surface area contributed by atoms with Crippen molar-refractivity contribution in [3.8, 4) is 11.1 Å². The Hall–Kier alpha value is -3.00. The first-order valence-electron chi connectivity index (χ1n) is 12.0. The van der Waals surface area contributed by atoms with Gasteiger partial charge < -0.3 is 20.5 Å². The van der Waals surface area contributed by atoms with Crippen LogP contribution >= 0.6 is 11.8 Å². The Bertz CT molecular complexity index is 983. The highest BCUT2D eigenvalue weighted by Gasteiger charge is 2.29. The molecular formula is C27H34N2O5S. The molecule has 2 amide bonds. The second-order valence-corrected chi connectivity index (χ2v) is 9.91. The minimum absolute atomic E-state index is 0.0242. The molecule has 2 aromatic rings. The second-order valence-electron chi connectivity index (χ2n) is 8.92. The SMILES string of the molecule is CSCC[C@H](NC(=O)CCC(C)CCNC(=O)OCC1c2ccccc2-c2ccccc21)C(=O)O. The lowest BCUT2D eigenvalue weighted by Crippen LogP contribution is -2.41. The number of aliphatic carboxylic acids is 1. The smallest absolute Gasteiger partial charge is 0.407 e. The molecule has 0 fully saturated rings. The highest BCUT2D eigenvalue weighted by Crippen LogP contribution is 2.44. The van der Waals surface area contributed by atoms with Crippen LogP contribution in [-0.2, 0) is 14.3 Å². The Morgan fingerprint density at radius 3 is 2.23 bits per heavy atom. The lowest BCUT2D eigenvalue weighted by Gasteiger charge is -2.16. The summed E-state index contributed by atoms with van der Waals surface area (Å²) in [6.45, 7) is 2.73. The topological polar surface area (TPSA) is 105 Å². The highest BCUT2D eigenvalue weighted by molar-refractivity contribution is 7.98. The van der Waals surface area contributed by atoms with Gasteiger partial charge in [-0.1, -0.05) is 55.5 Å². The number of nitrogens with one attached hydrogen (secondary N) is 2. The molecule has 1 aliphatic rings. The number of benzene rings is 2. The van der Waals surface area contributed by atoms with Crippen LogP contribution in [0.25, 0.3) is 11.1 Å². The molecule has 0 bridgehead atoms. The Morgan fingerprint density at radius 2 is 1.63 bits per heavy atom. The number of thioether (sulfide) groups is 1. The summed E-state index contributed by atoms with van der Waals surface area (Å²) in [6, 6.07) is 15.6. The van der Waals surface area contributed by atoms with Crippen LogP contribution in [0.3, 0.4) is 0 Å². The van der Waals surface area contributed by atoms with Crippen LogP contribution in [0.15, 0.2) is 48.5 Å². The van der Waals surface area contributed by atoms with Crippen molar-refractivity contribution < 1.29 is 24.2 Å². The van der Waals surface area contributed by atoms with Gasteiger partial charge in [0.1, 0.15) is 12.6 Å². The third-order valence-electron chi connectivity index (χ3n) is 6.36. The Morgan fingerprint density at radius 1 is 1.00 bits per heavy atom. The number of rotatable bonds is 13. The van der Waals surface area contributed by atoms with E-state index in [0.29, 0.717) is 31.6 Å². The molecule has 35 heavy (non-hydrogen) atoms. The number of carbonyl (C=O) groups excluding carboxylic acids is 2. The van der Waals surface area contributed by atoms with E-state index in [0.717, 1.165) is 0 Å². The van der Waals surface area contributed by atoms with E-state index >= 15 is 0 Å². The number of fused-ring (bicyclic) bond motifs is 3. The highest BCUT2D eigenvalue weighted by atomic mass is 32.2. The maximum Gasteiger partial charge on any atom is 0.407 e. The van der Waals surface area contributed by atoms with E-state index in [2.05, 4.69) is 34.9 Å². The van der Waals surface area contributed by atoms with E-state index in [1.54, 1.807) is 11.8 Å². The molecule has 0 aliphatic heterocycles. The van der Waals surface area contributed by atoms with Crippen molar-refractivity contribution in [3.63, 3.8) is 0 Å². The van der Waals surface area contributed by atoms with Gasteiger partial charge in [-0.05, 0) is 59.4 Å². The van der Waals surface area contributed by atoms with Gasteiger partial charge in [0.05, 0.1) is 0 Å². The molecule has 3 N–H and O–H groups in total. The van der Waals surface area contributed by atoms with Crippen molar-refractivity contribution >= 4 is 29.7 Å². The third kappa shape index (κ3) is 7.49. The normalized spacial score (nSPS) is 13.9. The number of alkyl carbamates (subject to hydrolysis) is 1. The zero-order valence-electron chi connectivity index (χ0n) is 20.3. The molecule has 0 saturated heterocycles. The quantitative estimate of drug-likeness (QED) is 0.371. The summed E-state index contributed by atoms with van der Waals surface area (Å²) < 4.78 is 5.55. The third-order valence-corrected chi connectivity index (χ3v) is 7.00. The number of ether oxygens (including phenoxy) is 1. The minimum atomic E-state index is -1.01. The molecule has 1 aliphatic carbocycles. The molecular weight excluding hydrogens is 464 g/mol. The predicted octanol–water partition coefficient (Wildman–Crippen LogP) is 4.65. The summed E-state index contributed by atoms with van der Waals surface area (Å²) in [5.74, 6) is -0.363. The second kappa shape index (κ2) is 13.2. The number of carboxylic acid groups (broad SMARTS) is 1. The van der Waals surface area contributed by atoms with Gasteiger partial charge in [-0.25, -0.2) is 9.59 Å². The van der Waals surface area contributed by atoms with Gasteiger partial charge in [0.25, 0.3) is 0 Å². The van der Waals surface area contributed by atoms with Gasteiger partial charge in [0, 0.05) is 18.9 Å². The van der Waals surface area contributed by atoms with Crippen LogP contribution in [0.1, 0.15) is 49.7 Å². The van der Waals surface area contributed by atoms with Crippen LogP contribution in [0, 0.1) is 5.92 Å². The fourth-order valence-corrected chi connectivity index (χ4v) is 4.82. The zero-order valence-corrected chi connectivity index (χ0v) is 21.1. The average Bonchev–Trinajstić information content (AvgIpc) is 3.17. The summed E-state index contributed by atoms with van der Waals surface area (Å²) in [6.07, 6.45) is 3.44. The number of amides is 2. The molecule has 7 nitrogen and oxygen atoms in total. The standard InChI is InChI=1S/C27H34N2O5S/c1-18(11-12-25(30)29-24(26(31)32)14-16-35-2)13-15-28-27(33)34-17-23-21-9-5-3-7-19(21)20-8-4-6-10-22(20)23/h3-10,18,23-24H,11-17H2,1-2H3,(H,28,33)(H,29,30)(H,31,32)/t18?,24-/m0/s1. The summed E-state index contributed by atoms with van der Waals surface area (Å²) in [5.41, 5.74) is 4.72. The molecule has 0 heterocycles. The van der Waals surface area contributed by atoms with E-state index < -0.39 is 18.1 Å². The van der Waals surface area contributed by atoms with Crippen molar-refractivity contribution in [1.82, 2.24) is 10.6 Å². The summed E-state index contributed by atoms with van der Waals surface area (Å²) >= 11 is 1.55. The first-order chi connectivity index (χ1) is 16.9. The van der Waals surface area contributed by atoms with E-state index in [1.165, 1.54) is 22.3 Å². The van der Waals surface area contributed by atoms with Crippen LogP contribution in [0.2, 0.25) is 0 Å². The van der Waals surface area contributed by atoms with Crippen molar-refractivity contribution in [2.75, 3.05) is 25.2 Å². The molecule has 0 saturated carbocycles. The van der Waals surface area contributed by atoms with Crippen LogP contribution in [-0.4, -0.2) is 54.3 Å². The molecule has 8 heteroatoms. The largest absolute Gasteiger partial charge is 0.480 e. The molecule has 0 spiro atoms. The molecule has 2 aromatic carbocycles. The van der Waals surface area contributed by atoms with Crippen molar-refractivity contribution in [3.05, 3.63) is 59.7 Å².